The fourth-order valence-electron chi connectivity index (χ4n) is 4.22. The van der Waals surface area contributed by atoms with E-state index in [2.05, 4.69) is 11.3 Å². The lowest BCUT2D eigenvalue weighted by Gasteiger charge is -2.35. The van der Waals surface area contributed by atoms with Gasteiger partial charge >= 0.3 is 11.9 Å². The Kier molecular flexibility index (Phi) is 9.09. The average molecular weight is 509 g/mol. The van der Waals surface area contributed by atoms with Crippen molar-refractivity contribution >= 4 is 41.5 Å². The highest BCUT2D eigenvalue weighted by Gasteiger charge is 2.38. The van der Waals surface area contributed by atoms with E-state index in [0.29, 0.717) is 26.1 Å². The molecular formula is C27H32O6Si2. The van der Waals surface area contributed by atoms with Gasteiger partial charge in [-0.25, -0.2) is 0 Å². The minimum atomic E-state index is -0.961. The van der Waals surface area contributed by atoms with Crippen molar-refractivity contribution in [1.29, 1.82) is 0 Å². The highest BCUT2D eigenvalue weighted by molar-refractivity contribution is 6.53. The first-order valence-corrected chi connectivity index (χ1v) is 14.8. The fourth-order valence-corrected chi connectivity index (χ4v) is 7.13. The monoisotopic (exact) mass is 508 g/mol. The number of rotatable bonds is 8. The summed E-state index contributed by atoms with van der Waals surface area (Å²) in [5, 5.41) is 0. The van der Waals surface area contributed by atoms with Crippen molar-refractivity contribution in [2.75, 3.05) is 13.2 Å². The molecule has 2 heterocycles. The molecule has 0 bridgehead atoms. The molecule has 0 saturated carbocycles. The predicted octanol–water partition coefficient (Wildman–Crippen LogP) is 2.75. The smallest absolute Gasteiger partial charge is 0.319 e. The third kappa shape index (κ3) is 7.73. The van der Waals surface area contributed by atoms with Gasteiger partial charge in [0.2, 0.25) is 10.8 Å². The highest BCUT2D eigenvalue weighted by Crippen LogP contribution is 2.27. The van der Waals surface area contributed by atoms with E-state index in [9.17, 15) is 9.59 Å². The van der Waals surface area contributed by atoms with Gasteiger partial charge in [-0.15, -0.1) is 0 Å². The molecule has 2 atom stereocenters. The summed E-state index contributed by atoms with van der Waals surface area (Å²) < 4.78 is 23.6. The Labute approximate surface area is 210 Å². The standard InChI is InChI=1S/C27H32O6Si2/c28-24(32-26(15-7-9-17-30-26)34-20-22-11-3-1-4-12-22)19-25(29)33-27(16-8-10-18-31-27)35-21-23-13-5-2-6-14-23/h1-6,11-14,20-21,34-35H,7-10,15-19H2. The number of esters is 2. The zero-order valence-electron chi connectivity index (χ0n) is 19.9. The maximum Gasteiger partial charge on any atom is 0.319 e. The van der Waals surface area contributed by atoms with Crippen molar-refractivity contribution in [3.8, 4) is 0 Å². The third-order valence-electron chi connectivity index (χ3n) is 6.05. The molecule has 0 aliphatic carbocycles. The molecule has 2 aliphatic heterocycles. The number of hydrogen-bond acceptors (Lipinski definition) is 6. The lowest BCUT2D eigenvalue weighted by atomic mass is 10.2. The lowest BCUT2D eigenvalue weighted by Crippen LogP contribution is -2.46. The number of benzene rings is 2. The summed E-state index contributed by atoms with van der Waals surface area (Å²) in [5.74, 6) is -1.22. The molecule has 0 amide bonds. The second kappa shape index (κ2) is 12.4. The molecule has 2 aromatic carbocycles. The minimum Gasteiger partial charge on any atom is -0.434 e. The van der Waals surface area contributed by atoms with Gasteiger partial charge in [0.15, 0.2) is 0 Å². The topological polar surface area (TPSA) is 71.1 Å². The minimum absolute atomic E-state index is 0.453. The van der Waals surface area contributed by atoms with Crippen LogP contribution in [0.4, 0.5) is 0 Å². The Morgan fingerprint density at radius 3 is 1.51 bits per heavy atom. The van der Waals surface area contributed by atoms with Crippen LogP contribution in [-0.4, -0.2) is 65.6 Å². The Balaban J connectivity index is 1.40. The SMILES string of the molecule is O=C(CC(=O)OC1([SiH]=Cc2ccccc2)CCCCO1)OC1([SiH]=Cc2ccccc2)CCCCO1. The number of hydrogen-bond donors (Lipinski definition) is 0. The summed E-state index contributed by atoms with van der Waals surface area (Å²) in [6, 6.07) is 19.9. The van der Waals surface area contributed by atoms with Crippen LogP contribution in [0.25, 0.3) is 0 Å². The highest BCUT2D eigenvalue weighted by atomic mass is 28.2. The van der Waals surface area contributed by atoms with Crippen LogP contribution in [0, 0.1) is 0 Å². The fraction of sp³-hybridized carbons (Fsp3) is 0.407. The van der Waals surface area contributed by atoms with Gasteiger partial charge in [0, 0.05) is 12.8 Å². The molecule has 4 rings (SSSR count). The molecule has 2 fully saturated rings. The quantitative estimate of drug-likeness (QED) is 0.310. The zero-order chi connectivity index (χ0) is 24.4. The Bertz CT molecular complexity index is 943. The average Bonchev–Trinajstić information content (AvgIpc) is 2.88. The summed E-state index contributed by atoms with van der Waals surface area (Å²) in [7, 11) is -0.926. The van der Waals surface area contributed by atoms with Gasteiger partial charge in [0.05, 0.1) is 31.5 Å². The van der Waals surface area contributed by atoms with Gasteiger partial charge in [0.25, 0.3) is 0 Å². The second-order valence-corrected chi connectivity index (χ2v) is 11.9. The van der Waals surface area contributed by atoms with E-state index in [1.165, 1.54) is 0 Å². The van der Waals surface area contributed by atoms with Crippen LogP contribution in [0.1, 0.15) is 56.1 Å². The van der Waals surface area contributed by atoms with Crippen molar-refractivity contribution in [2.24, 2.45) is 0 Å². The largest absolute Gasteiger partial charge is 0.434 e. The second-order valence-electron chi connectivity index (χ2n) is 8.85. The first kappa shape index (κ1) is 25.6. The lowest BCUT2D eigenvalue weighted by molar-refractivity contribution is -0.215. The Morgan fingerprint density at radius 1 is 0.714 bits per heavy atom. The number of ether oxygens (including phenoxy) is 4. The molecule has 0 aromatic heterocycles. The Hall–Kier alpha value is -2.53. The van der Waals surface area contributed by atoms with Gasteiger partial charge in [-0.2, -0.15) is 0 Å². The van der Waals surface area contributed by atoms with E-state index >= 15 is 0 Å². The molecule has 184 valence electrons. The van der Waals surface area contributed by atoms with Crippen molar-refractivity contribution < 1.29 is 28.5 Å². The molecule has 2 aromatic rings. The van der Waals surface area contributed by atoms with E-state index in [1.807, 2.05) is 60.7 Å². The number of carbonyl (C=O) groups excluding carboxylic acids is 2. The molecule has 6 nitrogen and oxygen atoms in total. The van der Waals surface area contributed by atoms with Gasteiger partial charge in [-0.1, -0.05) is 72.0 Å². The van der Waals surface area contributed by atoms with Crippen LogP contribution in [0.3, 0.4) is 0 Å². The van der Waals surface area contributed by atoms with E-state index < -0.39 is 47.4 Å². The molecule has 0 spiro atoms. The van der Waals surface area contributed by atoms with Gasteiger partial charge in [-0.05, 0) is 36.8 Å². The van der Waals surface area contributed by atoms with Crippen LogP contribution >= 0.6 is 0 Å². The van der Waals surface area contributed by atoms with E-state index in [1.54, 1.807) is 0 Å². The molecule has 8 heteroatoms. The van der Waals surface area contributed by atoms with E-state index in [4.69, 9.17) is 18.9 Å². The maximum atomic E-state index is 12.8. The summed E-state index contributed by atoms with van der Waals surface area (Å²) in [6.07, 6.45) is 4.53. The molecule has 0 radical (unpaired) electrons. The third-order valence-corrected chi connectivity index (χ3v) is 9.32. The first-order chi connectivity index (χ1) is 17.1. The zero-order valence-corrected chi connectivity index (χ0v) is 22.2. The van der Waals surface area contributed by atoms with Crippen LogP contribution in [0.5, 0.6) is 0 Å². The van der Waals surface area contributed by atoms with Gasteiger partial charge in [-0.3, -0.25) is 9.59 Å². The van der Waals surface area contributed by atoms with Gasteiger partial charge < -0.3 is 18.9 Å². The summed E-state index contributed by atoms with van der Waals surface area (Å²) in [5.41, 5.74) is 4.39. The molecule has 0 N–H and O–H groups in total. The molecule has 35 heavy (non-hydrogen) atoms. The molecule has 2 aliphatic rings. The molecule has 2 unspecified atom stereocenters. The normalized spacial score (nSPS) is 24.9. The predicted molar refractivity (Wildman–Crippen MR) is 139 cm³/mol. The van der Waals surface area contributed by atoms with Crippen LogP contribution in [0.2, 0.25) is 0 Å². The van der Waals surface area contributed by atoms with Crippen LogP contribution < -0.4 is 0 Å². The molecule has 2 saturated heterocycles. The van der Waals surface area contributed by atoms with Gasteiger partial charge in [0.1, 0.15) is 6.42 Å². The van der Waals surface area contributed by atoms with Crippen molar-refractivity contribution in [3.05, 3.63) is 71.8 Å². The van der Waals surface area contributed by atoms with Crippen LogP contribution in [-0.2, 0) is 28.5 Å². The summed E-state index contributed by atoms with van der Waals surface area (Å²) in [6.45, 7) is 1.09. The van der Waals surface area contributed by atoms with Crippen molar-refractivity contribution in [1.82, 2.24) is 0 Å². The van der Waals surface area contributed by atoms with Crippen molar-refractivity contribution in [2.45, 2.75) is 55.8 Å². The Morgan fingerprint density at radius 2 is 1.14 bits per heavy atom. The summed E-state index contributed by atoms with van der Waals surface area (Å²) >= 11 is 0. The van der Waals surface area contributed by atoms with E-state index in [-0.39, 0.29) is 0 Å². The first-order valence-electron chi connectivity index (χ1n) is 12.3. The van der Waals surface area contributed by atoms with Crippen LogP contribution in [0.15, 0.2) is 60.7 Å². The maximum absolute atomic E-state index is 12.8. The number of carbonyl (C=O) groups is 2. The van der Waals surface area contributed by atoms with Crippen molar-refractivity contribution in [3.63, 3.8) is 0 Å². The molecular weight excluding hydrogens is 476 g/mol. The van der Waals surface area contributed by atoms with E-state index in [0.717, 1.165) is 36.8 Å². The summed E-state index contributed by atoms with van der Waals surface area (Å²) in [4.78, 5) is 25.6.